The molecule has 0 aromatic rings. The molecular weight excluding hydrogens is 274 g/mol. The predicted molar refractivity (Wildman–Crippen MR) is 96.7 cm³/mol. The van der Waals surface area contributed by atoms with Gasteiger partial charge in [0.2, 0.25) is 0 Å². The van der Waals surface area contributed by atoms with Crippen LogP contribution in [0.5, 0.6) is 0 Å². The molecule has 0 aromatic carbocycles. The normalized spacial score (nSPS) is 10.6. The molecule has 0 saturated carbocycles. The predicted octanol–water partition coefficient (Wildman–Crippen LogP) is 3.52. The van der Waals surface area contributed by atoms with Crippen molar-refractivity contribution in [1.29, 1.82) is 10.8 Å². The molecule has 0 aromatic heterocycles. The van der Waals surface area contributed by atoms with Gasteiger partial charge in [0.25, 0.3) is 0 Å². The van der Waals surface area contributed by atoms with Crippen molar-refractivity contribution < 1.29 is 0 Å². The summed E-state index contributed by atoms with van der Waals surface area (Å²) in [6.45, 7) is 1.76. The summed E-state index contributed by atoms with van der Waals surface area (Å²) in [4.78, 5) is 0. The molecule has 0 rings (SSSR count). The van der Waals surface area contributed by atoms with Gasteiger partial charge in [-0.1, -0.05) is 44.9 Å². The van der Waals surface area contributed by atoms with Crippen LogP contribution in [0, 0.1) is 10.8 Å². The lowest BCUT2D eigenvalue weighted by atomic mass is 10.1. The van der Waals surface area contributed by atoms with E-state index in [1.807, 2.05) is 0 Å². The van der Waals surface area contributed by atoms with E-state index in [-0.39, 0.29) is 5.84 Å². The highest BCUT2D eigenvalue weighted by Gasteiger charge is 1.98. The molecule has 7 N–H and O–H groups in total. The van der Waals surface area contributed by atoms with Crippen molar-refractivity contribution in [1.82, 2.24) is 5.32 Å². The lowest BCUT2D eigenvalue weighted by molar-refractivity contribution is 0.577. The van der Waals surface area contributed by atoms with Crippen molar-refractivity contribution in [2.45, 2.75) is 83.5 Å². The Kier molecular flexibility index (Phi) is 15.5. The largest absolute Gasteiger partial charge is 0.388 e. The molecule has 5 nitrogen and oxygen atoms in total. The van der Waals surface area contributed by atoms with E-state index in [0.29, 0.717) is 12.3 Å². The van der Waals surface area contributed by atoms with Gasteiger partial charge >= 0.3 is 0 Å². The summed E-state index contributed by atoms with van der Waals surface area (Å²) in [7, 11) is 0. The molecule has 0 bridgehead atoms. The van der Waals surface area contributed by atoms with Crippen LogP contribution in [-0.2, 0) is 0 Å². The molecule has 0 heterocycles. The van der Waals surface area contributed by atoms with Gasteiger partial charge in [-0.05, 0) is 32.2 Å². The summed E-state index contributed by atoms with van der Waals surface area (Å²) in [5, 5.41) is 18.2. The number of amidine groups is 2. The fraction of sp³-hybridized carbons (Fsp3) is 0.882. The van der Waals surface area contributed by atoms with Crippen molar-refractivity contribution >= 4 is 11.7 Å². The van der Waals surface area contributed by atoms with E-state index < -0.39 is 0 Å². The van der Waals surface area contributed by atoms with Crippen LogP contribution in [0.3, 0.4) is 0 Å². The van der Waals surface area contributed by atoms with Crippen molar-refractivity contribution in [3.63, 3.8) is 0 Å². The lowest BCUT2D eigenvalue weighted by Gasteiger charge is -2.08. The first-order valence-electron chi connectivity index (χ1n) is 9.01. The van der Waals surface area contributed by atoms with E-state index in [9.17, 15) is 0 Å². The van der Waals surface area contributed by atoms with Gasteiger partial charge in [0.05, 0.1) is 11.7 Å². The molecule has 0 amide bonds. The first kappa shape index (κ1) is 20.9. The summed E-state index contributed by atoms with van der Waals surface area (Å²) in [5.74, 6) is 0.961. The van der Waals surface area contributed by atoms with Crippen LogP contribution in [0.2, 0.25) is 0 Å². The van der Waals surface area contributed by atoms with E-state index in [4.69, 9.17) is 22.3 Å². The third kappa shape index (κ3) is 17.0. The zero-order valence-corrected chi connectivity index (χ0v) is 14.3. The summed E-state index contributed by atoms with van der Waals surface area (Å²) < 4.78 is 0. The Morgan fingerprint density at radius 2 is 1.18 bits per heavy atom. The lowest BCUT2D eigenvalue weighted by Crippen LogP contribution is -2.23. The minimum atomic E-state index is 0.286. The Morgan fingerprint density at radius 1 is 0.682 bits per heavy atom. The summed E-state index contributed by atoms with van der Waals surface area (Å²) in [6.07, 6.45) is 14.6. The quantitative estimate of drug-likeness (QED) is 0.171. The monoisotopic (exact) mass is 311 g/mol. The standard InChI is InChI=1S/C17H37N5/c18-14-10-6-2-1-3-7-11-15-22-17(21)13-9-5-4-8-12-16(19)20/h1-15,18H2,(H3,19,20)(H2,21,22). The average molecular weight is 312 g/mol. The van der Waals surface area contributed by atoms with Gasteiger partial charge in [0.1, 0.15) is 0 Å². The molecule has 0 aliphatic rings. The van der Waals surface area contributed by atoms with E-state index in [0.717, 1.165) is 58.0 Å². The van der Waals surface area contributed by atoms with Crippen LogP contribution in [0.1, 0.15) is 83.5 Å². The third-order valence-electron chi connectivity index (χ3n) is 3.84. The Hall–Kier alpha value is -1.10. The highest BCUT2D eigenvalue weighted by atomic mass is 14.9. The van der Waals surface area contributed by atoms with Gasteiger partial charge in [-0.3, -0.25) is 10.8 Å². The molecule has 0 aliphatic heterocycles. The van der Waals surface area contributed by atoms with Crippen LogP contribution >= 0.6 is 0 Å². The minimum Gasteiger partial charge on any atom is -0.388 e. The molecule has 0 saturated heterocycles. The van der Waals surface area contributed by atoms with Gasteiger partial charge in [-0.25, -0.2) is 0 Å². The highest BCUT2D eigenvalue weighted by Crippen LogP contribution is 2.07. The summed E-state index contributed by atoms with van der Waals surface area (Å²) in [5.41, 5.74) is 10.8. The summed E-state index contributed by atoms with van der Waals surface area (Å²) in [6, 6.07) is 0. The molecule has 0 fully saturated rings. The SMILES string of the molecule is N=C(N)CCCCCCC(=N)NCCCCCCCCCN. The number of nitrogens with one attached hydrogen (secondary N) is 3. The third-order valence-corrected chi connectivity index (χ3v) is 3.84. The smallest absolute Gasteiger partial charge is 0.0931 e. The zero-order valence-electron chi connectivity index (χ0n) is 14.3. The van der Waals surface area contributed by atoms with Crippen LogP contribution in [0.25, 0.3) is 0 Å². The fourth-order valence-electron chi connectivity index (χ4n) is 2.45. The van der Waals surface area contributed by atoms with Crippen molar-refractivity contribution in [3.05, 3.63) is 0 Å². The van der Waals surface area contributed by atoms with Crippen molar-refractivity contribution in [3.8, 4) is 0 Å². The number of rotatable bonds is 16. The molecule has 0 spiro atoms. The topological polar surface area (TPSA) is 112 Å². The van der Waals surface area contributed by atoms with Gasteiger partial charge < -0.3 is 16.8 Å². The van der Waals surface area contributed by atoms with Crippen LogP contribution in [0.15, 0.2) is 0 Å². The Morgan fingerprint density at radius 3 is 1.77 bits per heavy atom. The second kappa shape index (κ2) is 16.3. The molecule has 0 radical (unpaired) electrons. The zero-order chi connectivity index (χ0) is 16.5. The Labute approximate surface area is 136 Å². The Balaban J connectivity index is 3.17. The van der Waals surface area contributed by atoms with E-state index >= 15 is 0 Å². The van der Waals surface area contributed by atoms with Crippen LogP contribution < -0.4 is 16.8 Å². The van der Waals surface area contributed by atoms with Gasteiger partial charge in [-0.15, -0.1) is 0 Å². The van der Waals surface area contributed by atoms with Crippen LogP contribution in [-0.4, -0.2) is 24.8 Å². The first-order valence-corrected chi connectivity index (χ1v) is 9.01. The van der Waals surface area contributed by atoms with Crippen molar-refractivity contribution in [2.75, 3.05) is 13.1 Å². The van der Waals surface area contributed by atoms with E-state index in [1.54, 1.807) is 0 Å². The van der Waals surface area contributed by atoms with Crippen LogP contribution in [0.4, 0.5) is 0 Å². The highest BCUT2D eigenvalue weighted by molar-refractivity contribution is 5.78. The number of nitrogens with two attached hydrogens (primary N) is 2. The summed E-state index contributed by atoms with van der Waals surface area (Å²) >= 11 is 0. The second-order valence-corrected chi connectivity index (χ2v) is 6.11. The van der Waals surface area contributed by atoms with Gasteiger partial charge in [0.15, 0.2) is 0 Å². The second-order valence-electron chi connectivity index (χ2n) is 6.11. The number of hydrogen-bond donors (Lipinski definition) is 5. The molecule has 22 heavy (non-hydrogen) atoms. The maximum absolute atomic E-state index is 7.85. The first-order chi connectivity index (χ1) is 10.7. The fourth-order valence-corrected chi connectivity index (χ4v) is 2.45. The molecule has 0 aliphatic carbocycles. The van der Waals surface area contributed by atoms with E-state index in [2.05, 4.69) is 5.32 Å². The number of unbranched alkanes of at least 4 members (excludes halogenated alkanes) is 9. The molecule has 5 heteroatoms. The minimum absolute atomic E-state index is 0.286. The molecule has 0 atom stereocenters. The molecule has 0 unspecified atom stereocenters. The maximum atomic E-state index is 7.85. The average Bonchev–Trinajstić information content (AvgIpc) is 2.48. The Bertz CT molecular complexity index is 278. The van der Waals surface area contributed by atoms with Gasteiger partial charge in [0, 0.05) is 19.4 Å². The van der Waals surface area contributed by atoms with E-state index in [1.165, 1.54) is 32.1 Å². The van der Waals surface area contributed by atoms with Crippen molar-refractivity contribution in [2.24, 2.45) is 11.5 Å². The maximum Gasteiger partial charge on any atom is 0.0931 e. The molecule has 130 valence electrons. The number of hydrogen-bond acceptors (Lipinski definition) is 3. The van der Waals surface area contributed by atoms with Gasteiger partial charge in [-0.2, -0.15) is 0 Å². The molecular formula is C17H37N5.